The highest BCUT2D eigenvalue weighted by Crippen LogP contribution is 2.05. The van der Waals surface area contributed by atoms with Crippen LogP contribution in [0.15, 0.2) is 47.1 Å². The lowest BCUT2D eigenvalue weighted by Gasteiger charge is -2.04. The van der Waals surface area contributed by atoms with Gasteiger partial charge in [-0.15, -0.1) is 12.4 Å². The van der Waals surface area contributed by atoms with Crippen LogP contribution < -0.4 is 5.32 Å². The van der Waals surface area contributed by atoms with Crippen molar-refractivity contribution < 1.29 is 9.52 Å². The molecule has 0 saturated carbocycles. The van der Waals surface area contributed by atoms with Gasteiger partial charge in [0, 0.05) is 6.54 Å². The molecular weight excluding hydrogens is 238 g/mol. The van der Waals surface area contributed by atoms with Gasteiger partial charge in [0.2, 0.25) is 0 Å². The van der Waals surface area contributed by atoms with Gasteiger partial charge in [0.15, 0.2) is 0 Å². The van der Waals surface area contributed by atoms with Crippen molar-refractivity contribution in [1.82, 2.24) is 5.32 Å². The van der Waals surface area contributed by atoms with E-state index >= 15 is 0 Å². The second kappa shape index (κ2) is 7.12. The monoisotopic (exact) mass is 253 g/mol. The molecule has 0 saturated heterocycles. The van der Waals surface area contributed by atoms with Gasteiger partial charge in [-0.2, -0.15) is 0 Å². The molecule has 0 atom stereocenters. The number of benzene rings is 1. The Balaban J connectivity index is 0.00000144. The first-order chi connectivity index (χ1) is 7.88. The van der Waals surface area contributed by atoms with Crippen LogP contribution in [0.2, 0.25) is 0 Å². The zero-order chi connectivity index (χ0) is 11.2. The number of rotatable bonds is 5. The quantitative estimate of drug-likeness (QED) is 0.861. The van der Waals surface area contributed by atoms with Gasteiger partial charge in [0.25, 0.3) is 0 Å². The molecule has 0 aliphatic carbocycles. The Kier molecular flexibility index (Phi) is 5.77. The summed E-state index contributed by atoms with van der Waals surface area (Å²) in [5.74, 6) is 0.929. The van der Waals surface area contributed by atoms with Crippen molar-refractivity contribution in [2.45, 2.75) is 19.7 Å². The first-order valence-electron chi connectivity index (χ1n) is 5.30. The minimum atomic E-state index is 0. The van der Waals surface area contributed by atoms with Crippen LogP contribution in [-0.4, -0.2) is 5.11 Å². The number of aliphatic hydroxyl groups excluding tert-OH is 1. The van der Waals surface area contributed by atoms with E-state index in [-0.39, 0.29) is 19.0 Å². The lowest BCUT2D eigenvalue weighted by Crippen LogP contribution is -2.12. The first kappa shape index (κ1) is 13.8. The third kappa shape index (κ3) is 4.23. The maximum Gasteiger partial charge on any atom is 0.117 e. The van der Waals surface area contributed by atoms with Crippen molar-refractivity contribution in [3.05, 3.63) is 59.5 Å². The fourth-order valence-electron chi connectivity index (χ4n) is 1.58. The Bertz CT molecular complexity index is 429. The molecule has 0 aliphatic heterocycles. The summed E-state index contributed by atoms with van der Waals surface area (Å²) in [6, 6.07) is 11.7. The lowest BCUT2D eigenvalue weighted by molar-refractivity contribution is 0.281. The van der Waals surface area contributed by atoms with Crippen LogP contribution in [0.1, 0.15) is 16.9 Å². The minimum absolute atomic E-state index is 0. The van der Waals surface area contributed by atoms with Crippen LogP contribution >= 0.6 is 12.4 Å². The van der Waals surface area contributed by atoms with E-state index < -0.39 is 0 Å². The molecule has 4 heteroatoms. The zero-order valence-corrected chi connectivity index (χ0v) is 10.2. The van der Waals surface area contributed by atoms with Gasteiger partial charge in [-0.1, -0.05) is 24.3 Å². The number of nitrogens with one attached hydrogen (secondary N) is 1. The topological polar surface area (TPSA) is 45.4 Å². The van der Waals surface area contributed by atoms with Crippen LogP contribution in [0.3, 0.4) is 0 Å². The van der Waals surface area contributed by atoms with Crippen LogP contribution in [-0.2, 0) is 19.7 Å². The van der Waals surface area contributed by atoms with Crippen LogP contribution in [0.5, 0.6) is 0 Å². The SMILES string of the molecule is Cl.OCc1cccc(CNCc2ccco2)c1. The van der Waals surface area contributed by atoms with Crippen LogP contribution in [0.4, 0.5) is 0 Å². The fourth-order valence-corrected chi connectivity index (χ4v) is 1.58. The summed E-state index contributed by atoms with van der Waals surface area (Å²) in [6.45, 7) is 1.58. The summed E-state index contributed by atoms with van der Waals surface area (Å²) in [5.41, 5.74) is 2.11. The molecular formula is C13H16ClNO2. The Labute approximate surface area is 107 Å². The van der Waals surface area contributed by atoms with Gasteiger partial charge < -0.3 is 14.8 Å². The third-order valence-electron chi connectivity index (χ3n) is 2.38. The van der Waals surface area contributed by atoms with Crippen molar-refractivity contribution >= 4 is 12.4 Å². The standard InChI is InChI=1S/C13H15NO2.ClH/c15-10-12-4-1-3-11(7-12)8-14-9-13-5-2-6-16-13;/h1-7,14-15H,8-10H2;1H. The van der Waals surface area contributed by atoms with E-state index in [4.69, 9.17) is 9.52 Å². The van der Waals surface area contributed by atoms with Gasteiger partial charge in [-0.3, -0.25) is 0 Å². The molecule has 0 bridgehead atoms. The molecule has 1 aromatic carbocycles. The maximum absolute atomic E-state index is 9.00. The Hall–Kier alpha value is -1.29. The summed E-state index contributed by atoms with van der Waals surface area (Å²) >= 11 is 0. The van der Waals surface area contributed by atoms with Crippen molar-refractivity contribution in [3.8, 4) is 0 Å². The highest BCUT2D eigenvalue weighted by molar-refractivity contribution is 5.85. The third-order valence-corrected chi connectivity index (χ3v) is 2.38. The molecule has 1 heterocycles. The Morgan fingerprint density at radius 2 is 1.88 bits per heavy atom. The van der Waals surface area contributed by atoms with E-state index in [9.17, 15) is 0 Å². The molecule has 17 heavy (non-hydrogen) atoms. The fraction of sp³-hybridized carbons (Fsp3) is 0.231. The molecule has 2 aromatic rings. The largest absolute Gasteiger partial charge is 0.468 e. The number of aliphatic hydroxyl groups is 1. The molecule has 0 amide bonds. The average Bonchev–Trinajstić information content (AvgIpc) is 2.82. The normalized spacial score (nSPS) is 9.94. The molecule has 0 radical (unpaired) electrons. The second-order valence-corrected chi connectivity index (χ2v) is 3.66. The van der Waals surface area contributed by atoms with E-state index in [1.165, 1.54) is 0 Å². The molecule has 1 aromatic heterocycles. The van der Waals surface area contributed by atoms with Crippen molar-refractivity contribution in [2.75, 3.05) is 0 Å². The van der Waals surface area contributed by atoms with Crippen LogP contribution in [0.25, 0.3) is 0 Å². The number of hydrogen-bond acceptors (Lipinski definition) is 3. The molecule has 3 nitrogen and oxygen atoms in total. The predicted octanol–water partition coefficient (Wildman–Crippen LogP) is 2.48. The smallest absolute Gasteiger partial charge is 0.117 e. The first-order valence-corrected chi connectivity index (χ1v) is 5.30. The van der Waals surface area contributed by atoms with Gasteiger partial charge in [0.1, 0.15) is 5.76 Å². The number of hydrogen-bond donors (Lipinski definition) is 2. The molecule has 0 aliphatic rings. The second-order valence-electron chi connectivity index (χ2n) is 3.66. The average molecular weight is 254 g/mol. The van der Waals surface area contributed by atoms with Crippen molar-refractivity contribution in [1.29, 1.82) is 0 Å². The van der Waals surface area contributed by atoms with E-state index in [0.29, 0.717) is 0 Å². The molecule has 92 valence electrons. The van der Waals surface area contributed by atoms with Gasteiger partial charge >= 0.3 is 0 Å². The lowest BCUT2D eigenvalue weighted by atomic mass is 10.1. The Morgan fingerprint density at radius 3 is 2.59 bits per heavy atom. The minimum Gasteiger partial charge on any atom is -0.468 e. The van der Waals surface area contributed by atoms with Gasteiger partial charge in [0.05, 0.1) is 19.4 Å². The van der Waals surface area contributed by atoms with Crippen molar-refractivity contribution in [2.24, 2.45) is 0 Å². The van der Waals surface area contributed by atoms with E-state index in [1.807, 2.05) is 36.4 Å². The summed E-state index contributed by atoms with van der Waals surface area (Å²) in [4.78, 5) is 0. The molecule has 0 spiro atoms. The highest BCUT2D eigenvalue weighted by Gasteiger charge is 1.97. The number of furan rings is 1. The molecule has 0 fully saturated rings. The Morgan fingerprint density at radius 1 is 1.06 bits per heavy atom. The van der Waals surface area contributed by atoms with Gasteiger partial charge in [-0.05, 0) is 23.3 Å². The molecule has 0 unspecified atom stereocenters. The molecule has 2 rings (SSSR count). The van der Waals surface area contributed by atoms with Gasteiger partial charge in [-0.25, -0.2) is 0 Å². The molecule has 2 N–H and O–H groups in total. The predicted molar refractivity (Wildman–Crippen MR) is 68.9 cm³/mol. The zero-order valence-electron chi connectivity index (χ0n) is 9.43. The van der Waals surface area contributed by atoms with E-state index in [0.717, 1.165) is 30.0 Å². The summed E-state index contributed by atoms with van der Waals surface area (Å²) in [7, 11) is 0. The highest BCUT2D eigenvalue weighted by atomic mass is 35.5. The summed E-state index contributed by atoms with van der Waals surface area (Å²) in [5, 5.41) is 12.3. The van der Waals surface area contributed by atoms with E-state index in [1.54, 1.807) is 6.26 Å². The number of halogens is 1. The summed E-state index contributed by atoms with van der Waals surface area (Å²) < 4.78 is 5.21. The van der Waals surface area contributed by atoms with Crippen molar-refractivity contribution in [3.63, 3.8) is 0 Å². The van der Waals surface area contributed by atoms with E-state index in [2.05, 4.69) is 5.32 Å². The summed E-state index contributed by atoms with van der Waals surface area (Å²) in [6.07, 6.45) is 1.67. The maximum atomic E-state index is 9.00. The van der Waals surface area contributed by atoms with Crippen LogP contribution in [0, 0.1) is 0 Å².